The maximum absolute atomic E-state index is 9.25. The number of hydrogen-bond acceptors (Lipinski definition) is 3. The second kappa shape index (κ2) is 4.56. The second-order valence-corrected chi connectivity index (χ2v) is 4.57. The molecule has 1 aromatic rings. The van der Waals surface area contributed by atoms with E-state index in [-0.39, 0.29) is 5.88 Å². The summed E-state index contributed by atoms with van der Waals surface area (Å²) in [5.41, 5.74) is 0.949. The SMILES string of the molecule is CCC(C)SCc1cc(O)n(C)n1. The molecule has 0 saturated carbocycles. The van der Waals surface area contributed by atoms with Crippen molar-refractivity contribution in [2.45, 2.75) is 31.3 Å². The number of thioether (sulfide) groups is 1. The van der Waals surface area contributed by atoms with Gasteiger partial charge in [0.15, 0.2) is 0 Å². The number of aromatic hydroxyl groups is 1. The van der Waals surface area contributed by atoms with Gasteiger partial charge in [-0.1, -0.05) is 13.8 Å². The lowest BCUT2D eigenvalue weighted by Gasteiger charge is -2.05. The molecule has 0 aliphatic carbocycles. The van der Waals surface area contributed by atoms with Crippen LogP contribution in [0.4, 0.5) is 0 Å². The molecule has 1 aromatic heterocycles. The molecule has 4 heteroatoms. The van der Waals surface area contributed by atoms with Gasteiger partial charge in [-0.05, 0) is 6.42 Å². The Labute approximate surface area is 83.1 Å². The van der Waals surface area contributed by atoms with Gasteiger partial charge in [0.1, 0.15) is 0 Å². The van der Waals surface area contributed by atoms with Gasteiger partial charge in [-0.3, -0.25) is 0 Å². The largest absolute Gasteiger partial charge is 0.493 e. The molecule has 74 valence electrons. The zero-order valence-electron chi connectivity index (χ0n) is 8.32. The van der Waals surface area contributed by atoms with Gasteiger partial charge in [-0.25, -0.2) is 4.68 Å². The quantitative estimate of drug-likeness (QED) is 0.809. The first-order valence-corrected chi connectivity index (χ1v) is 5.51. The Balaban J connectivity index is 2.45. The Morgan fingerprint density at radius 3 is 2.85 bits per heavy atom. The first kappa shape index (κ1) is 10.4. The van der Waals surface area contributed by atoms with E-state index >= 15 is 0 Å². The van der Waals surface area contributed by atoms with Crippen molar-refractivity contribution in [1.82, 2.24) is 9.78 Å². The molecule has 1 heterocycles. The minimum Gasteiger partial charge on any atom is -0.493 e. The number of rotatable bonds is 4. The third-order valence-corrected chi connectivity index (χ3v) is 3.36. The van der Waals surface area contributed by atoms with Crippen molar-refractivity contribution >= 4 is 11.8 Å². The molecule has 1 N–H and O–H groups in total. The summed E-state index contributed by atoms with van der Waals surface area (Å²) in [7, 11) is 1.74. The highest BCUT2D eigenvalue weighted by molar-refractivity contribution is 7.99. The van der Waals surface area contributed by atoms with Crippen molar-refractivity contribution in [3.63, 3.8) is 0 Å². The predicted molar refractivity (Wildman–Crippen MR) is 55.9 cm³/mol. The van der Waals surface area contributed by atoms with Crippen molar-refractivity contribution in [2.24, 2.45) is 7.05 Å². The van der Waals surface area contributed by atoms with Crippen LogP contribution >= 0.6 is 11.8 Å². The van der Waals surface area contributed by atoms with Crippen LogP contribution in [0.1, 0.15) is 26.0 Å². The van der Waals surface area contributed by atoms with E-state index in [1.165, 1.54) is 11.1 Å². The average molecular weight is 200 g/mol. The Morgan fingerprint density at radius 1 is 1.69 bits per heavy atom. The lowest BCUT2D eigenvalue weighted by Crippen LogP contribution is -1.95. The number of nitrogens with zero attached hydrogens (tertiary/aromatic N) is 2. The Morgan fingerprint density at radius 2 is 2.38 bits per heavy atom. The van der Waals surface area contributed by atoms with E-state index < -0.39 is 0 Å². The molecular formula is C9H16N2OS. The van der Waals surface area contributed by atoms with Gasteiger partial charge in [0.25, 0.3) is 0 Å². The minimum atomic E-state index is 0.236. The van der Waals surface area contributed by atoms with E-state index in [2.05, 4.69) is 18.9 Å². The van der Waals surface area contributed by atoms with E-state index in [9.17, 15) is 5.11 Å². The molecule has 0 amide bonds. The van der Waals surface area contributed by atoms with Gasteiger partial charge >= 0.3 is 0 Å². The molecule has 1 atom stereocenters. The topological polar surface area (TPSA) is 38.0 Å². The summed E-state index contributed by atoms with van der Waals surface area (Å²) in [5, 5.41) is 14.1. The highest BCUT2D eigenvalue weighted by atomic mass is 32.2. The smallest absolute Gasteiger partial charge is 0.209 e. The van der Waals surface area contributed by atoms with Crippen molar-refractivity contribution in [3.8, 4) is 5.88 Å². The van der Waals surface area contributed by atoms with Gasteiger partial charge in [-0.15, -0.1) is 0 Å². The van der Waals surface area contributed by atoms with Crippen LogP contribution in [0.5, 0.6) is 5.88 Å². The fourth-order valence-electron chi connectivity index (χ4n) is 0.931. The fourth-order valence-corrected chi connectivity index (χ4v) is 1.76. The summed E-state index contributed by atoms with van der Waals surface area (Å²) in [5.74, 6) is 1.11. The standard InChI is InChI=1S/C9H16N2OS/c1-4-7(2)13-6-8-5-9(12)11(3)10-8/h5,7,12H,4,6H2,1-3H3. The summed E-state index contributed by atoms with van der Waals surface area (Å²) in [6.07, 6.45) is 1.17. The van der Waals surface area contributed by atoms with E-state index in [0.717, 1.165) is 11.4 Å². The summed E-state index contributed by atoms with van der Waals surface area (Å²) in [4.78, 5) is 0. The molecule has 1 unspecified atom stereocenters. The highest BCUT2D eigenvalue weighted by Crippen LogP contribution is 2.20. The van der Waals surface area contributed by atoms with Crippen LogP contribution < -0.4 is 0 Å². The number of aryl methyl sites for hydroxylation is 1. The third-order valence-electron chi connectivity index (χ3n) is 2.00. The monoisotopic (exact) mass is 200 g/mol. The Bertz CT molecular complexity index is 253. The van der Waals surface area contributed by atoms with Gasteiger partial charge in [0, 0.05) is 24.1 Å². The molecule has 0 saturated heterocycles. The van der Waals surface area contributed by atoms with Crippen molar-refractivity contribution < 1.29 is 5.11 Å². The van der Waals surface area contributed by atoms with Crippen LogP contribution in [0.15, 0.2) is 6.07 Å². The maximum atomic E-state index is 9.25. The predicted octanol–water partition coefficient (Wildman–Crippen LogP) is 2.16. The van der Waals surface area contributed by atoms with Gasteiger partial charge in [0.05, 0.1) is 5.69 Å². The van der Waals surface area contributed by atoms with E-state index in [1.54, 1.807) is 13.1 Å². The van der Waals surface area contributed by atoms with Gasteiger partial charge < -0.3 is 5.11 Å². The molecule has 0 aliphatic heterocycles. The summed E-state index contributed by atoms with van der Waals surface area (Å²) in [6, 6.07) is 1.72. The van der Waals surface area contributed by atoms with Crippen LogP contribution in [-0.2, 0) is 12.8 Å². The molecule has 0 bridgehead atoms. The average Bonchev–Trinajstić information content (AvgIpc) is 2.42. The molecule has 0 fully saturated rings. The Kier molecular flexibility index (Phi) is 3.66. The molecule has 0 radical (unpaired) electrons. The van der Waals surface area contributed by atoms with Gasteiger partial charge in [-0.2, -0.15) is 16.9 Å². The van der Waals surface area contributed by atoms with Crippen LogP contribution in [0.25, 0.3) is 0 Å². The first-order chi connectivity index (χ1) is 6.13. The molecule has 0 aromatic carbocycles. The van der Waals surface area contributed by atoms with Crippen LogP contribution in [-0.4, -0.2) is 20.1 Å². The molecule has 13 heavy (non-hydrogen) atoms. The molecule has 1 rings (SSSR count). The molecule has 3 nitrogen and oxygen atoms in total. The van der Waals surface area contributed by atoms with Gasteiger partial charge in [0.2, 0.25) is 5.88 Å². The van der Waals surface area contributed by atoms with E-state index in [4.69, 9.17) is 0 Å². The lowest BCUT2D eigenvalue weighted by atomic mass is 10.4. The lowest BCUT2D eigenvalue weighted by molar-refractivity contribution is 0.419. The number of hydrogen-bond donors (Lipinski definition) is 1. The van der Waals surface area contributed by atoms with Crippen LogP contribution in [0.2, 0.25) is 0 Å². The van der Waals surface area contributed by atoms with Crippen molar-refractivity contribution in [1.29, 1.82) is 0 Å². The van der Waals surface area contributed by atoms with E-state index in [0.29, 0.717) is 5.25 Å². The molecule has 0 spiro atoms. The highest BCUT2D eigenvalue weighted by Gasteiger charge is 2.05. The fraction of sp³-hybridized carbons (Fsp3) is 0.667. The minimum absolute atomic E-state index is 0.236. The zero-order chi connectivity index (χ0) is 9.84. The summed E-state index contributed by atoms with van der Waals surface area (Å²) in [6.45, 7) is 4.38. The van der Waals surface area contributed by atoms with Crippen LogP contribution in [0, 0.1) is 0 Å². The summed E-state index contributed by atoms with van der Waals surface area (Å²) >= 11 is 1.86. The second-order valence-electron chi connectivity index (χ2n) is 3.15. The normalized spacial score (nSPS) is 13.2. The molecule has 0 aliphatic rings. The Hall–Kier alpha value is -0.640. The van der Waals surface area contributed by atoms with Crippen molar-refractivity contribution in [3.05, 3.63) is 11.8 Å². The van der Waals surface area contributed by atoms with Crippen molar-refractivity contribution in [2.75, 3.05) is 0 Å². The first-order valence-electron chi connectivity index (χ1n) is 4.47. The third kappa shape index (κ3) is 2.95. The van der Waals surface area contributed by atoms with E-state index in [1.807, 2.05) is 11.8 Å². The van der Waals surface area contributed by atoms with Crippen LogP contribution in [0.3, 0.4) is 0 Å². The summed E-state index contributed by atoms with van der Waals surface area (Å²) < 4.78 is 1.49. The zero-order valence-corrected chi connectivity index (χ0v) is 9.14. The number of aromatic nitrogens is 2. The maximum Gasteiger partial charge on any atom is 0.209 e. The molecular weight excluding hydrogens is 184 g/mol.